The normalized spacial score (nSPS) is 21.8. The molecule has 1 aliphatic heterocycles. The quantitative estimate of drug-likeness (QED) is 0.313. The van der Waals surface area contributed by atoms with Gasteiger partial charge in [-0.15, -0.1) is 0 Å². The van der Waals surface area contributed by atoms with Gasteiger partial charge in [0, 0.05) is 0 Å². The molecule has 10 nitrogen and oxygen atoms in total. The highest BCUT2D eigenvalue weighted by Crippen LogP contribution is 2.47. The van der Waals surface area contributed by atoms with Crippen LogP contribution in [0.15, 0.2) is 22.8 Å². The summed E-state index contributed by atoms with van der Waals surface area (Å²) in [5, 5.41) is 11.2. The first-order chi connectivity index (χ1) is 19.8. The summed E-state index contributed by atoms with van der Waals surface area (Å²) >= 11 is 0. The van der Waals surface area contributed by atoms with Crippen LogP contribution >= 0.6 is 0 Å². The Morgan fingerprint density at radius 2 is 1.93 bits per heavy atom. The molecular weight excluding hydrogens is 560 g/mol. The lowest BCUT2D eigenvalue weighted by Crippen LogP contribution is -2.40. The van der Waals surface area contributed by atoms with E-state index >= 15 is 0 Å². The highest BCUT2D eigenvalue weighted by molar-refractivity contribution is 5.93. The highest BCUT2D eigenvalue weighted by Gasteiger charge is 2.51. The van der Waals surface area contributed by atoms with Gasteiger partial charge in [-0.3, -0.25) is 4.79 Å². The van der Waals surface area contributed by atoms with Crippen molar-refractivity contribution in [1.82, 2.24) is 35.8 Å². The first-order valence-electron chi connectivity index (χ1n) is 13.6. The molecule has 5 rings (SSSR count). The molecule has 1 aliphatic carbocycles. The van der Waals surface area contributed by atoms with Crippen LogP contribution in [-0.4, -0.2) is 62.0 Å². The number of H-pyrrole nitrogens is 1. The Morgan fingerprint density at radius 3 is 2.49 bits per heavy atom. The SMILES string of the molecule is [2H]C1([2H])[C@H](C(F)(F)F)NC(=O)N1[C@@H](c1ccc2nc([C@H](CC(C)(C)C(F)(F)F)NC(=O)c3nonc3C)[nH]c2c1)C1CC1. The number of halogens is 6. The molecule has 0 radical (unpaired) electrons. The minimum Gasteiger partial charge on any atom is -0.341 e. The second-order valence-corrected chi connectivity index (χ2v) is 10.9. The lowest BCUT2D eigenvalue weighted by molar-refractivity contribution is -0.215. The lowest BCUT2D eigenvalue weighted by Gasteiger charge is -2.31. The van der Waals surface area contributed by atoms with Crippen LogP contribution in [0, 0.1) is 18.3 Å². The molecule has 1 aromatic carbocycles. The zero-order valence-electron chi connectivity index (χ0n) is 23.9. The minimum atomic E-state index is -5.03. The van der Waals surface area contributed by atoms with Crippen LogP contribution in [-0.2, 0) is 0 Å². The topological polar surface area (TPSA) is 129 Å². The molecule has 3 heterocycles. The third-order valence-corrected chi connectivity index (χ3v) is 7.28. The number of urea groups is 1. The van der Waals surface area contributed by atoms with E-state index in [0.29, 0.717) is 23.3 Å². The van der Waals surface area contributed by atoms with Gasteiger partial charge in [0.15, 0.2) is 5.69 Å². The van der Waals surface area contributed by atoms with Gasteiger partial charge in [0.05, 0.1) is 37.8 Å². The third kappa shape index (κ3) is 5.68. The predicted molar refractivity (Wildman–Crippen MR) is 130 cm³/mol. The summed E-state index contributed by atoms with van der Waals surface area (Å²) in [4.78, 5) is 33.4. The number of nitrogens with zero attached hydrogens (tertiary/aromatic N) is 4. The molecule has 222 valence electrons. The number of carbonyl (C=O) groups is 2. The Hall–Kier alpha value is -3.85. The number of imidazole rings is 1. The standard InChI is InChI=1S/C25H27F6N7O3/c1-11-18(37-41-36-11)21(39)34-16(9-23(2,3)25(29,30)31)20-32-14-7-6-13(8-15(14)33-20)19(12-4-5-12)38-10-17(24(26,27)28)35-22(38)40/h6-8,12,16-17,19H,4-5,9-10H2,1-3H3,(H,32,33)(H,34,39)(H,35,40)/t16-,17+,19+/m0/s1/i10D2. The molecule has 2 fully saturated rings. The molecule has 1 saturated heterocycles. The van der Waals surface area contributed by atoms with Crippen molar-refractivity contribution in [3.8, 4) is 0 Å². The Labute approximate surface area is 232 Å². The van der Waals surface area contributed by atoms with Crippen molar-refractivity contribution >= 4 is 23.0 Å². The maximum atomic E-state index is 13.8. The maximum absolute atomic E-state index is 13.8. The number of benzene rings is 1. The number of aromatic nitrogens is 4. The van der Waals surface area contributed by atoms with Gasteiger partial charge in [-0.05, 0) is 55.0 Å². The van der Waals surface area contributed by atoms with E-state index in [9.17, 15) is 35.9 Å². The Morgan fingerprint density at radius 1 is 1.22 bits per heavy atom. The zero-order valence-corrected chi connectivity index (χ0v) is 21.9. The van der Waals surface area contributed by atoms with E-state index in [1.165, 1.54) is 25.1 Å². The Kier molecular flexibility index (Phi) is 6.30. The number of aryl methyl sites for hydroxylation is 1. The van der Waals surface area contributed by atoms with Crippen molar-refractivity contribution < 1.29 is 43.3 Å². The fraction of sp³-hybridized carbons (Fsp3) is 0.560. The second-order valence-electron chi connectivity index (χ2n) is 10.9. The van der Waals surface area contributed by atoms with E-state index in [0.717, 1.165) is 13.8 Å². The number of rotatable bonds is 8. The van der Waals surface area contributed by atoms with Crippen LogP contribution in [0.3, 0.4) is 0 Å². The van der Waals surface area contributed by atoms with E-state index in [2.05, 4.69) is 30.2 Å². The molecule has 16 heteroatoms. The fourth-order valence-corrected chi connectivity index (χ4v) is 4.73. The van der Waals surface area contributed by atoms with E-state index < -0.39 is 60.7 Å². The fourth-order valence-electron chi connectivity index (χ4n) is 4.73. The molecule has 3 N–H and O–H groups in total. The third-order valence-electron chi connectivity index (χ3n) is 7.28. The van der Waals surface area contributed by atoms with Crippen molar-refractivity contribution in [2.24, 2.45) is 11.3 Å². The summed E-state index contributed by atoms with van der Waals surface area (Å²) in [6.45, 7) is 0.279. The minimum absolute atomic E-state index is 0.0405. The molecule has 3 amide bonds. The summed E-state index contributed by atoms with van der Waals surface area (Å²) in [6.07, 6.45) is -9.21. The van der Waals surface area contributed by atoms with Gasteiger partial charge in [-0.2, -0.15) is 26.3 Å². The molecule has 0 unspecified atom stereocenters. The summed E-state index contributed by atoms with van der Waals surface area (Å²) in [5.74, 6) is -1.20. The predicted octanol–water partition coefficient (Wildman–Crippen LogP) is 5.11. The van der Waals surface area contributed by atoms with Gasteiger partial charge in [0.2, 0.25) is 0 Å². The van der Waals surface area contributed by atoms with Crippen LogP contribution < -0.4 is 10.6 Å². The van der Waals surface area contributed by atoms with Crippen LogP contribution in [0.1, 0.15) is 75.5 Å². The van der Waals surface area contributed by atoms with Gasteiger partial charge in [0.25, 0.3) is 5.91 Å². The summed E-state index contributed by atoms with van der Waals surface area (Å²) in [5.41, 5.74) is -1.55. The van der Waals surface area contributed by atoms with E-state index in [4.69, 9.17) is 2.74 Å². The average molecular weight is 590 g/mol. The smallest absolute Gasteiger partial charge is 0.341 e. The summed E-state index contributed by atoms with van der Waals surface area (Å²) in [6, 6.07) is -1.88. The van der Waals surface area contributed by atoms with E-state index in [1.807, 2.05) is 0 Å². The number of fused-ring (bicyclic) bond motifs is 1. The van der Waals surface area contributed by atoms with Gasteiger partial charge in [-0.1, -0.05) is 25.1 Å². The zero-order chi connectivity index (χ0) is 31.7. The van der Waals surface area contributed by atoms with Gasteiger partial charge < -0.3 is 20.5 Å². The number of nitrogens with one attached hydrogen (secondary N) is 3. The van der Waals surface area contributed by atoms with Crippen molar-refractivity contribution in [3.05, 3.63) is 41.0 Å². The average Bonchev–Trinajstić information content (AvgIpc) is 3.37. The second kappa shape index (κ2) is 9.91. The molecule has 0 spiro atoms. The van der Waals surface area contributed by atoms with Crippen LogP contribution in [0.5, 0.6) is 0 Å². The number of aromatic amines is 1. The van der Waals surface area contributed by atoms with Crippen LogP contribution in [0.25, 0.3) is 11.0 Å². The number of alkyl halides is 6. The van der Waals surface area contributed by atoms with E-state index in [1.54, 1.807) is 5.32 Å². The number of hydrogen-bond acceptors (Lipinski definition) is 6. The Bertz CT molecular complexity index is 1550. The largest absolute Gasteiger partial charge is 0.410 e. The van der Waals surface area contributed by atoms with Crippen LogP contribution in [0.2, 0.25) is 0 Å². The summed E-state index contributed by atoms with van der Waals surface area (Å²) < 4.78 is 103. The van der Waals surface area contributed by atoms with Crippen molar-refractivity contribution in [3.63, 3.8) is 0 Å². The molecule has 41 heavy (non-hydrogen) atoms. The number of hydrogen-bond donors (Lipinski definition) is 3. The monoisotopic (exact) mass is 589 g/mol. The maximum Gasteiger partial charge on any atom is 0.410 e. The highest BCUT2D eigenvalue weighted by atomic mass is 19.4. The van der Waals surface area contributed by atoms with Crippen molar-refractivity contribution in [2.45, 2.75) is 70.5 Å². The first-order valence-corrected chi connectivity index (χ1v) is 12.6. The van der Waals surface area contributed by atoms with Crippen molar-refractivity contribution in [2.75, 3.05) is 6.50 Å². The molecule has 2 aromatic heterocycles. The Balaban J connectivity index is 1.51. The molecule has 2 aliphatic rings. The van der Waals surface area contributed by atoms with Crippen LogP contribution in [0.4, 0.5) is 31.1 Å². The molecule has 3 aromatic rings. The van der Waals surface area contributed by atoms with Gasteiger partial charge >= 0.3 is 18.4 Å². The first kappa shape index (κ1) is 26.1. The van der Waals surface area contributed by atoms with E-state index in [-0.39, 0.29) is 34.2 Å². The molecular formula is C25H27F6N7O3. The summed E-state index contributed by atoms with van der Waals surface area (Å²) in [7, 11) is 0. The molecule has 1 saturated carbocycles. The lowest BCUT2D eigenvalue weighted by atomic mass is 9.84. The van der Waals surface area contributed by atoms with Crippen molar-refractivity contribution in [1.29, 1.82) is 0 Å². The molecule has 0 bridgehead atoms. The van der Waals surface area contributed by atoms with Gasteiger partial charge in [-0.25, -0.2) is 14.4 Å². The van der Waals surface area contributed by atoms with Gasteiger partial charge in [0.1, 0.15) is 17.6 Å². The molecule has 3 atom stereocenters. The number of amides is 3. The number of carbonyl (C=O) groups excluding carboxylic acids is 2.